The van der Waals surface area contributed by atoms with Gasteiger partial charge in [0, 0.05) is 20.3 Å². The molecule has 0 radical (unpaired) electrons. The molecule has 0 aliphatic rings. The summed E-state index contributed by atoms with van der Waals surface area (Å²) in [5, 5.41) is 0. The second kappa shape index (κ2) is 4.84. The van der Waals surface area contributed by atoms with Crippen molar-refractivity contribution in [3.8, 4) is 0 Å². The third-order valence-corrected chi connectivity index (χ3v) is 1.43. The van der Waals surface area contributed by atoms with Crippen LogP contribution in [-0.2, 0) is 19.1 Å². The van der Waals surface area contributed by atoms with E-state index in [0.717, 1.165) is 0 Å². The number of rotatable bonds is 4. The Bertz CT molecular complexity index is 196. The van der Waals surface area contributed by atoms with Gasteiger partial charge in [-0.15, -0.1) is 0 Å². The largest absolute Gasteiger partial charge is 0.466 e. The Morgan fingerprint density at radius 1 is 1.15 bits per heavy atom. The number of esters is 2. The van der Waals surface area contributed by atoms with Crippen molar-refractivity contribution in [2.45, 2.75) is 39.7 Å². The molecule has 0 heterocycles. The summed E-state index contributed by atoms with van der Waals surface area (Å²) < 4.78 is 9.72. The van der Waals surface area contributed by atoms with Gasteiger partial charge < -0.3 is 9.47 Å². The molecule has 4 nitrogen and oxygen atoms in total. The lowest BCUT2D eigenvalue weighted by Crippen LogP contribution is -2.28. The fraction of sp³-hybridized carbons (Fsp3) is 0.778. The SMILES string of the molecule is CC(=O)OCCC(C)(C)OC(C)=O. The maximum Gasteiger partial charge on any atom is 0.303 e. The first-order valence-electron chi connectivity index (χ1n) is 4.16. The summed E-state index contributed by atoms with van der Waals surface area (Å²) in [7, 11) is 0. The Morgan fingerprint density at radius 3 is 2.08 bits per heavy atom. The smallest absolute Gasteiger partial charge is 0.303 e. The molecule has 0 aromatic carbocycles. The standard InChI is InChI=1S/C9H16O4/c1-7(10)12-6-5-9(3,4)13-8(2)11/h5-6H2,1-4H3. The molecule has 4 heteroatoms. The van der Waals surface area contributed by atoms with Crippen molar-refractivity contribution < 1.29 is 19.1 Å². The molecule has 0 N–H and O–H groups in total. The van der Waals surface area contributed by atoms with Gasteiger partial charge in [-0.2, -0.15) is 0 Å². The van der Waals surface area contributed by atoms with Crippen LogP contribution in [-0.4, -0.2) is 24.1 Å². The summed E-state index contributed by atoms with van der Waals surface area (Å²) in [6.07, 6.45) is 0.506. The summed E-state index contributed by atoms with van der Waals surface area (Å²) in [6, 6.07) is 0. The Kier molecular flexibility index (Phi) is 4.45. The first-order valence-corrected chi connectivity index (χ1v) is 4.16. The molecule has 0 fully saturated rings. The predicted octanol–water partition coefficient (Wildman–Crippen LogP) is 1.28. The number of carbonyl (C=O) groups excluding carboxylic acids is 2. The van der Waals surface area contributed by atoms with E-state index in [1.54, 1.807) is 13.8 Å². The van der Waals surface area contributed by atoms with Crippen LogP contribution in [0.3, 0.4) is 0 Å². The Hall–Kier alpha value is -1.06. The maximum absolute atomic E-state index is 10.6. The van der Waals surface area contributed by atoms with E-state index in [1.807, 2.05) is 0 Å². The lowest BCUT2D eigenvalue weighted by atomic mass is 10.1. The van der Waals surface area contributed by atoms with Gasteiger partial charge in [-0.3, -0.25) is 9.59 Å². The van der Waals surface area contributed by atoms with E-state index in [1.165, 1.54) is 13.8 Å². The quantitative estimate of drug-likeness (QED) is 0.623. The molecular formula is C9H16O4. The zero-order valence-electron chi connectivity index (χ0n) is 8.55. The summed E-state index contributed by atoms with van der Waals surface area (Å²) >= 11 is 0. The van der Waals surface area contributed by atoms with Crippen LogP contribution >= 0.6 is 0 Å². The zero-order valence-corrected chi connectivity index (χ0v) is 8.55. The maximum atomic E-state index is 10.6. The molecule has 13 heavy (non-hydrogen) atoms. The van der Waals surface area contributed by atoms with Gasteiger partial charge in [-0.25, -0.2) is 0 Å². The van der Waals surface area contributed by atoms with Crippen molar-refractivity contribution in [2.75, 3.05) is 6.61 Å². The minimum atomic E-state index is -0.568. The predicted molar refractivity (Wildman–Crippen MR) is 47.1 cm³/mol. The molecule has 0 rings (SSSR count). The Morgan fingerprint density at radius 2 is 1.69 bits per heavy atom. The molecule has 0 saturated heterocycles. The molecule has 0 aliphatic carbocycles. The average molecular weight is 188 g/mol. The molecule has 0 unspecified atom stereocenters. The molecule has 0 bridgehead atoms. The second-order valence-electron chi connectivity index (χ2n) is 3.44. The molecule has 0 atom stereocenters. The van der Waals surface area contributed by atoms with Crippen LogP contribution in [0.25, 0.3) is 0 Å². The fourth-order valence-electron chi connectivity index (χ4n) is 0.881. The van der Waals surface area contributed by atoms with Gasteiger partial charge in [0.15, 0.2) is 0 Å². The van der Waals surface area contributed by atoms with Gasteiger partial charge in [-0.1, -0.05) is 0 Å². The van der Waals surface area contributed by atoms with Crippen molar-refractivity contribution >= 4 is 11.9 Å². The molecular weight excluding hydrogens is 172 g/mol. The molecule has 76 valence electrons. The van der Waals surface area contributed by atoms with Crippen molar-refractivity contribution in [1.29, 1.82) is 0 Å². The van der Waals surface area contributed by atoms with Crippen LogP contribution in [0.4, 0.5) is 0 Å². The molecule has 0 amide bonds. The van der Waals surface area contributed by atoms with Crippen LogP contribution in [0.2, 0.25) is 0 Å². The lowest BCUT2D eigenvalue weighted by molar-refractivity contribution is -0.156. The topological polar surface area (TPSA) is 52.6 Å². The number of carbonyl (C=O) groups is 2. The lowest BCUT2D eigenvalue weighted by Gasteiger charge is -2.23. The number of ether oxygens (including phenoxy) is 2. The second-order valence-corrected chi connectivity index (χ2v) is 3.44. The van der Waals surface area contributed by atoms with Crippen LogP contribution in [0.1, 0.15) is 34.1 Å². The van der Waals surface area contributed by atoms with Gasteiger partial charge in [0.25, 0.3) is 0 Å². The summed E-state index contributed by atoms with van der Waals surface area (Å²) in [5.41, 5.74) is -0.568. The minimum absolute atomic E-state index is 0.273. The normalized spacial score (nSPS) is 10.8. The first kappa shape index (κ1) is 11.9. The van der Waals surface area contributed by atoms with Crippen LogP contribution in [0.5, 0.6) is 0 Å². The van der Waals surface area contributed by atoms with Crippen molar-refractivity contribution in [3.63, 3.8) is 0 Å². The Labute approximate surface area is 78.2 Å². The summed E-state index contributed by atoms with van der Waals surface area (Å²) in [5.74, 6) is -0.647. The highest BCUT2D eigenvalue weighted by Crippen LogP contribution is 2.14. The highest BCUT2D eigenvalue weighted by molar-refractivity contribution is 5.66. The monoisotopic (exact) mass is 188 g/mol. The highest BCUT2D eigenvalue weighted by Gasteiger charge is 2.21. The van der Waals surface area contributed by atoms with Crippen LogP contribution in [0.15, 0.2) is 0 Å². The van der Waals surface area contributed by atoms with Crippen molar-refractivity contribution in [3.05, 3.63) is 0 Å². The average Bonchev–Trinajstić information content (AvgIpc) is 1.81. The fourth-order valence-corrected chi connectivity index (χ4v) is 0.881. The van der Waals surface area contributed by atoms with Gasteiger partial charge in [0.2, 0.25) is 0 Å². The minimum Gasteiger partial charge on any atom is -0.466 e. The van der Waals surface area contributed by atoms with E-state index in [-0.39, 0.29) is 18.5 Å². The summed E-state index contributed by atoms with van der Waals surface area (Å²) in [4.78, 5) is 21.0. The number of hydrogen-bond donors (Lipinski definition) is 0. The third-order valence-electron chi connectivity index (χ3n) is 1.43. The summed E-state index contributed by atoms with van der Waals surface area (Å²) in [6.45, 7) is 6.53. The van der Waals surface area contributed by atoms with Crippen molar-refractivity contribution in [1.82, 2.24) is 0 Å². The molecule has 0 aromatic rings. The van der Waals surface area contributed by atoms with Crippen LogP contribution in [0, 0.1) is 0 Å². The van der Waals surface area contributed by atoms with Gasteiger partial charge in [0.05, 0.1) is 6.61 Å². The van der Waals surface area contributed by atoms with Crippen molar-refractivity contribution in [2.24, 2.45) is 0 Å². The van der Waals surface area contributed by atoms with E-state index >= 15 is 0 Å². The van der Waals surface area contributed by atoms with Gasteiger partial charge in [-0.05, 0) is 13.8 Å². The van der Waals surface area contributed by atoms with E-state index in [4.69, 9.17) is 9.47 Å². The Balaban J connectivity index is 3.75. The third kappa shape index (κ3) is 7.31. The molecule has 0 saturated carbocycles. The molecule has 0 aliphatic heterocycles. The van der Waals surface area contributed by atoms with E-state index in [9.17, 15) is 9.59 Å². The van der Waals surface area contributed by atoms with E-state index in [2.05, 4.69) is 0 Å². The highest BCUT2D eigenvalue weighted by atomic mass is 16.6. The molecule has 0 aromatic heterocycles. The van der Waals surface area contributed by atoms with E-state index in [0.29, 0.717) is 6.42 Å². The van der Waals surface area contributed by atoms with Gasteiger partial charge >= 0.3 is 11.9 Å². The zero-order chi connectivity index (χ0) is 10.5. The van der Waals surface area contributed by atoms with E-state index < -0.39 is 5.60 Å². The molecule has 0 spiro atoms. The van der Waals surface area contributed by atoms with Crippen LogP contribution < -0.4 is 0 Å². The van der Waals surface area contributed by atoms with Gasteiger partial charge in [0.1, 0.15) is 5.60 Å². The number of hydrogen-bond acceptors (Lipinski definition) is 4. The first-order chi connectivity index (χ1) is 5.83.